The maximum absolute atomic E-state index is 12.1. The summed E-state index contributed by atoms with van der Waals surface area (Å²) in [5, 5.41) is 8.64. The minimum absolute atomic E-state index is 0.0119. The van der Waals surface area contributed by atoms with Crippen LogP contribution in [0.1, 0.15) is 39.5 Å². The third-order valence-corrected chi connectivity index (χ3v) is 3.04. The first-order chi connectivity index (χ1) is 7.38. The zero-order chi connectivity index (χ0) is 12.3. The molecule has 1 aliphatic carbocycles. The molecule has 1 aliphatic rings. The van der Waals surface area contributed by atoms with Crippen LogP contribution in [0.4, 0.5) is 0 Å². The molecular formula is C11H20N2O3. The second-order valence-corrected chi connectivity index (χ2v) is 4.64. The first-order valence-electron chi connectivity index (χ1n) is 5.70. The summed E-state index contributed by atoms with van der Waals surface area (Å²) < 4.78 is 0. The molecule has 5 nitrogen and oxygen atoms in total. The smallest absolute Gasteiger partial charge is 0.305 e. The summed E-state index contributed by atoms with van der Waals surface area (Å²) in [4.78, 5) is 24.3. The molecule has 0 radical (unpaired) electrons. The predicted molar refractivity (Wildman–Crippen MR) is 59.9 cm³/mol. The number of carboxylic acid groups (broad SMARTS) is 1. The summed E-state index contributed by atoms with van der Waals surface area (Å²) >= 11 is 0. The van der Waals surface area contributed by atoms with E-state index in [-0.39, 0.29) is 24.9 Å². The van der Waals surface area contributed by atoms with Gasteiger partial charge in [-0.1, -0.05) is 6.92 Å². The number of hydrogen-bond donors (Lipinski definition) is 2. The summed E-state index contributed by atoms with van der Waals surface area (Å²) in [6.45, 7) is 3.83. The molecule has 0 aromatic carbocycles. The van der Waals surface area contributed by atoms with Crippen LogP contribution < -0.4 is 5.73 Å². The van der Waals surface area contributed by atoms with Crippen LogP contribution in [0.5, 0.6) is 0 Å². The van der Waals surface area contributed by atoms with E-state index in [9.17, 15) is 9.59 Å². The molecule has 0 aliphatic heterocycles. The Morgan fingerprint density at radius 1 is 1.50 bits per heavy atom. The monoisotopic (exact) mass is 228 g/mol. The van der Waals surface area contributed by atoms with Gasteiger partial charge in [-0.3, -0.25) is 9.59 Å². The van der Waals surface area contributed by atoms with Crippen LogP contribution in [0.25, 0.3) is 0 Å². The van der Waals surface area contributed by atoms with Crippen LogP contribution >= 0.6 is 0 Å². The predicted octanol–water partition coefficient (Wildman–Crippen LogP) is 0.580. The molecule has 16 heavy (non-hydrogen) atoms. The van der Waals surface area contributed by atoms with Gasteiger partial charge in [0, 0.05) is 12.6 Å². The molecule has 0 heterocycles. The molecule has 1 unspecified atom stereocenters. The molecule has 0 aromatic heterocycles. The lowest BCUT2D eigenvalue weighted by atomic mass is 9.98. The summed E-state index contributed by atoms with van der Waals surface area (Å²) in [5.74, 6) is -1.01. The molecule has 1 saturated carbocycles. The minimum atomic E-state index is -0.881. The fraction of sp³-hybridized carbons (Fsp3) is 0.818. The van der Waals surface area contributed by atoms with Crippen LogP contribution in [0.15, 0.2) is 0 Å². The number of nitrogens with zero attached hydrogens (tertiary/aromatic N) is 1. The van der Waals surface area contributed by atoms with E-state index in [4.69, 9.17) is 10.8 Å². The largest absolute Gasteiger partial charge is 0.481 e. The molecule has 0 saturated heterocycles. The molecule has 1 fully saturated rings. The summed E-state index contributed by atoms with van der Waals surface area (Å²) in [7, 11) is 0. The SMILES string of the molecule is CCC(C)(N)C(=O)N(CCC(=O)O)C1CC1. The highest BCUT2D eigenvalue weighted by atomic mass is 16.4. The zero-order valence-electron chi connectivity index (χ0n) is 9.90. The van der Waals surface area contributed by atoms with Crippen LogP contribution in [0, 0.1) is 0 Å². The Balaban J connectivity index is 2.62. The van der Waals surface area contributed by atoms with Crippen LogP contribution in [0.3, 0.4) is 0 Å². The van der Waals surface area contributed by atoms with Gasteiger partial charge in [0.1, 0.15) is 0 Å². The van der Waals surface area contributed by atoms with E-state index >= 15 is 0 Å². The van der Waals surface area contributed by atoms with Crippen molar-refractivity contribution >= 4 is 11.9 Å². The Kier molecular flexibility index (Phi) is 3.91. The maximum Gasteiger partial charge on any atom is 0.305 e. The van der Waals surface area contributed by atoms with Gasteiger partial charge in [-0.2, -0.15) is 0 Å². The molecule has 92 valence electrons. The number of nitrogens with two attached hydrogens (primary N) is 1. The topological polar surface area (TPSA) is 83.6 Å². The minimum Gasteiger partial charge on any atom is -0.481 e. The Hall–Kier alpha value is -1.10. The van der Waals surface area contributed by atoms with Crippen LogP contribution in [-0.2, 0) is 9.59 Å². The molecule has 0 bridgehead atoms. The first kappa shape index (κ1) is 13.0. The first-order valence-corrected chi connectivity index (χ1v) is 5.70. The van der Waals surface area contributed by atoms with Crippen molar-refractivity contribution in [3.05, 3.63) is 0 Å². The van der Waals surface area contributed by atoms with Gasteiger partial charge in [0.25, 0.3) is 0 Å². The van der Waals surface area contributed by atoms with Gasteiger partial charge in [0.05, 0.1) is 12.0 Å². The second-order valence-electron chi connectivity index (χ2n) is 4.64. The molecule has 3 N–H and O–H groups in total. The van der Waals surface area contributed by atoms with E-state index < -0.39 is 11.5 Å². The van der Waals surface area contributed by atoms with Crippen molar-refractivity contribution in [3.8, 4) is 0 Å². The molecule has 1 amide bonds. The molecule has 5 heteroatoms. The van der Waals surface area contributed by atoms with Crippen molar-refractivity contribution in [2.45, 2.75) is 51.1 Å². The quantitative estimate of drug-likeness (QED) is 0.696. The Bertz CT molecular complexity index is 285. The van der Waals surface area contributed by atoms with Crippen molar-refractivity contribution in [2.24, 2.45) is 5.73 Å². The molecule has 1 rings (SSSR count). The van der Waals surface area contributed by atoms with Gasteiger partial charge >= 0.3 is 5.97 Å². The standard InChI is InChI=1S/C11H20N2O3/c1-3-11(2,12)10(16)13(8-4-5-8)7-6-9(14)15/h8H,3-7,12H2,1-2H3,(H,14,15). The van der Waals surface area contributed by atoms with Crippen molar-refractivity contribution in [2.75, 3.05) is 6.54 Å². The summed E-state index contributed by atoms with van der Waals surface area (Å²) in [5.41, 5.74) is 5.02. The molecular weight excluding hydrogens is 208 g/mol. The van der Waals surface area contributed by atoms with Crippen molar-refractivity contribution in [3.63, 3.8) is 0 Å². The normalized spacial score (nSPS) is 18.9. The van der Waals surface area contributed by atoms with Gasteiger partial charge in [0.15, 0.2) is 0 Å². The van der Waals surface area contributed by atoms with E-state index in [1.165, 1.54) is 0 Å². The second kappa shape index (κ2) is 4.82. The maximum atomic E-state index is 12.1. The number of rotatable bonds is 6. The lowest BCUT2D eigenvalue weighted by molar-refractivity contribution is -0.140. The molecule has 1 atom stereocenters. The number of carbonyl (C=O) groups excluding carboxylic acids is 1. The van der Waals surface area contributed by atoms with Crippen molar-refractivity contribution in [1.82, 2.24) is 4.90 Å². The van der Waals surface area contributed by atoms with E-state index in [2.05, 4.69) is 0 Å². The molecule has 0 aromatic rings. The van der Waals surface area contributed by atoms with Gasteiger partial charge in [-0.25, -0.2) is 0 Å². The van der Waals surface area contributed by atoms with Crippen LogP contribution in [-0.4, -0.2) is 40.0 Å². The average Bonchev–Trinajstić information content (AvgIpc) is 3.01. The van der Waals surface area contributed by atoms with Gasteiger partial charge in [0.2, 0.25) is 5.91 Å². The Morgan fingerprint density at radius 2 is 2.06 bits per heavy atom. The molecule has 0 spiro atoms. The average molecular weight is 228 g/mol. The Morgan fingerprint density at radius 3 is 2.44 bits per heavy atom. The summed E-state index contributed by atoms with van der Waals surface area (Å²) in [6, 6.07) is 0.210. The fourth-order valence-corrected chi connectivity index (χ4v) is 1.53. The van der Waals surface area contributed by atoms with Crippen molar-refractivity contribution < 1.29 is 14.7 Å². The number of carbonyl (C=O) groups is 2. The van der Waals surface area contributed by atoms with E-state index in [0.717, 1.165) is 12.8 Å². The number of amides is 1. The highest BCUT2D eigenvalue weighted by Crippen LogP contribution is 2.29. The highest BCUT2D eigenvalue weighted by molar-refractivity contribution is 5.86. The third-order valence-electron chi connectivity index (χ3n) is 3.04. The lowest BCUT2D eigenvalue weighted by Crippen LogP contribution is -2.54. The van der Waals surface area contributed by atoms with Crippen molar-refractivity contribution in [1.29, 1.82) is 0 Å². The summed E-state index contributed by atoms with van der Waals surface area (Å²) in [6.07, 6.45) is 2.47. The van der Waals surface area contributed by atoms with E-state index in [0.29, 0.717) is 6.42 Å². The zero-order valence-corrected chi connectivity index (χ0v) is 9.90. The number of carboxylic acids is 1. The fourth-order valence-electron chi connectivity index (χ4n) is 1.53. The third kappa shape index (κ3) is 3.20. The van der Waals surface area contributed by atoms with Gasteiger partial charge in [-0.15, -0.1) is 0 Å². The number of hydrogen-bond acceptors (Lipinski definition) is 3. The highest BCUT2D eigenvalue weighted by Gasteiger charge is 2.39. The van der Waals surface area contributed by atoms with E-state index in [1.807, 2.05) is 6.92 Å². The Labute approximate surface area is 95.6 Å². The van der Waals surface area contributed by atoms with Crippen LogP contribution in [0.2, 0.25) is 0 Å². The number of aliphatic carboxylic acids is 1. The van der Waals surface area contributed by atoms with Gasteiger partial charge in [-0.05, 0) is 26.2 Å². The lowest BCUT2D eigenvalue weighted by Gasteiger charge is -2.31. The van der Waals surface area contributed by atoms with E-state index in [1.54, 1.807) is 11.8 Å². The van der Waals surface area contributed by atoms with Gasteiger partial charge < -0.3 is 15.7 Å².